The number of ether oxygens (including phenoxy) is 4. The summed E-state index contributed by atoms with van der Waals surface area (Å²) in [5.41, 5.74) is 1.20. The number of amides is 1. The molecular weight excluding hydrogens is 470 g/mol. The number of carbonyl (C=O) groups excluding carboxylic acids is 2. The summed E-state index contributed by atoms with van der Waals surface area (Å²) >= 11 is 0. The minimum absolute atomic E-state index is 0.118. The van der Waals surface area contributed by atoms with Crippen molar-refractivity contribution in [2.45, 2.75) is 6.42 Å². The molecule has 4 aromatic carbocycles. The van der Waals surface area contributed by atoms with E-state index in [2.05, 4.69) is 24.0 Å². The Bertz CT molecular complexity index is 1310. The Hall–Kier alpha value is -4.36. The maximum Gasteiger partial charge on any atom is 0.412 e. The fraction of sp³-hybridized carbons (Fsp3) is 0.200. The second kappa shape index (κ2) is 13.1. The minimum atomic E-state index is -0.588. The van der Waals surface area contributed by atoms with Gasteiger partial charge in [-0.3, -0.25) is 0 Å². The maximum absolute atomic E-state index is 12.6. The third-order valence-corrected chi connectivity index (χ3v) is 5.66. The summed E-state index contributed by atoms with van der Waals surface area (Å²) < 4.78 is 22.3. The smallest absolute Gasteiger partial charge is 0.412 e. The highest BCUT2D eigenvalue weighted by Gasteiger charge is 2.18. The van der Waals surface area contributed by atoms with Crippen LogP contribution in [0.2, 0.25) is 0 Å². The van der Waals surface area contributed by atoms with Crippen molar-refractivity contribution < 1.29 is 28.5 Å². The molecule has 0 radical (unpaired) electrons. The SMILES string of the molecule is C=CC(=O)OCCOCCNC(=O)Oc1c2ccccc2c(OCCc2ccccc2)c2ccccc12. The van der Waals surface area contributed by atoms with Gasteiger partial charge in [-0.05, 0) is 5.56 Å². The molecule has 0 bridgehead atoms. The molecule has 0 spiro atoms. The van der Waals surface area contributed by atoms with Crippen LogP contribution in [-0.4, -0.2) is 45.0 Å². The van der Waals surface area contributed by atoms with Gasteiger partial charge in [-0.1, -0.05) is 85.4 Å². The van der Waals surface area contributed by atoms with Crippen molar-refractivity contribution >= 4 is 33.6 Å². The molecule has 7 heteroatoms. The van der Waals surface area contributed by atoms with Crippen LogP contribution in [0, 0.1) is 0 Å². The van der Waals surface area contributed by atoms with Gasteiger partial charge in [0.05, 0.1) is 19.8 Å². The molecule has 0 heterocycles. The molecule has 0 aliphatic rings. The molecule has 0 aliphatic heterocycles. The van der Waals surface area contributed by atoms with Crippen molar-refractivity contribution in [2.24, 2.45) is 0 Å². The van der Waals surface area contributed by atoms with E-state index in [-0.39, 0.29) is 26.4 Å². The molecule has 37 heavy (non-hydrogen) atoms. The standard InChI is InChI=1S/C30H29NO6/c1-2-27(32)35-21-20-34-19-17-31-30(33)37-29-25-14-8-6-12-23(25)28(24-13-7-9-15-26(24)29)36-18-16-22-10-4-3-5-11-22/h2-15H,1,16-21H2,(H,31,33). The Morgan fingerprint density at radius 1 is 0.730 bits per heavy atom. The summed E-state index contributed by atoms with van der Waals surface area (Å²) in [7, 11) is 0. The first-order chi connectivity index (χ1) is 18.2. The van der Waals surface area contributed by atoms with Crippen molar-refractivity contribution in [2.75, 3.05) is 33.0 Å². The predicted octanol–water partition coefficient (Wildman–Crippen LogP) is 5.45. The Labute approximate surface area is 215 Å². The third-order valence-electron chi connectivity index (χ3n) is 5.66. The lowest BCUT2D eigenvalue weighted by Gasteiger charge is -2.17. The first kappa shape index (κ1) is 25.7. The fourth-order valence-electron chi connectivity index (χ4n) is 3.95. The van der Waals surface area contributed by atoms with Gasteiger partial charge >= 0.3 is 12.1 Å². The van der Waals surface area contributed by atoms with Gasteiger partial charge in [-0.15, -0.1) is 0 Å². The normalized spacial score (nSPS) is 10.7. The van der Waals surface area contributed by atoms with E-state index in [1.807, 2.05) is 66.7 Å². The first-order valence-corrected chi connectivity index (χ1v) is 12.1. The van der Waals surface area contributed by atoms with Crippen molar-refractivity contribution in [1.29, 1.82) is 0 Å². The summed E-state index contributed by atoms with van der Waals surface area (Å²) in [6.07, 6.45) is 1.28. The van der Waals surface area contributed by atoms with Crippen molar-refractivity contribution in [3.05, 3.63) is 97.1 Å². The van der Waals surface area contributed by atoms with E-state index in [4.69, 9.17) is 18.9 Å². The molecule has 1 amide bonds. The lowest BCUT2D eigenvalue weighted by atomic mass is 10.0. The average Bonchev–Trinajstić information content (AvgIpc) is 2.94. The van der Waals surface area contributed by atoms with Gasteiger partial charge in [-0.2, -0.15) is 0 Å². The van der Waals surface area contributed by atoms with Crippen molar-refractivity contribution in [3.8, 4) is 11.5 Å². The quantitative estimate of drug-likeness (QED) is 0.121. The van der Waals surface area contributed by atoms with Crippen LogP contribution in [0.4, 0.5) is 4.79 Å². The molecule has 1 N–H and O–H groups in total. The number of benzene rings is 4. The Morgan fingerprint density at radius 2 is 1.32 bits per heavy atom. The zero-order valence-corrected chi connectivity index (χ0v) is 20.5. The Kier molecular flexibility index (Phi) is 9.10. The van der Waals surface area contributed by atoms with Crippen LogP contribution in [0.5, 0.6) is 11.5 Å². The highest BCUT2D eigenvalue weighted by Crippen LogP contribution is 2.42. The number of carbonyl (C=O) groups is 2. The summed E-state index contributed by atoms with van der Waals surface area (Å²) in [6, 6.07) is 25.7. The van der Waals surface area contributed by atoms with Gasteiger partial charge in [0.1, 0.15) is 18.1 Å². The molecule has 7 nitrogen and oxygen atoms in total. The van der Waals surface area contributed by atoms with Crippen LogP contribution in [0.25, 0.3) is 21.5 Å². The molecule has 0 saturated carbocycles. The summed E-state index contributed by atoms with van der Waals surface area (Å²) in [5.74, 6) is 0.731. The molecule has 4 aromatic rings. The molecule has 0 unspecified atom stereocenters. The lowest BCUT2D eigenvalue weighted by Crippen LogP contribution is -2.30. The number of fused-ring (bicyclic) bond motifs is 2. The van der Waals surface area contributed by atoms with Gasteiger partial charge in [0, 0.05) is 40.6 Å². The van der Waals surface area contributed by atoms with Gasteiger partial charge < -0.3 is 24.3 Å². The predicted molar refractivity (Wildman–Crippen MR) is 143 cm³/mol. The Balaban J connectivity index is 1.45. The summed E-state index contributed by atoms with van der Waals surface area (Å²) in [4.78, 5) is 23.6. The second-order valence-electron chi connectivity index (χ2n) is 8.13. The highest BCUT2D eigenvalue weighted by molar-refractivity contribution is 6.11. The fourth-order valence-corrected chi connectivity index (χ4v) is 3.95. The summed E-state index contributed by atoms with van der Waals surface area (Å²) in [6.45, 7) is 4.67. The van der Waals surface area contributed by atoms with Crippen LogP contribution in [0.3, 0.4) is 0 Å². The number of nitrogens with one attached hydrogen (secondary N) is 1. The van der Waals surface area contributed by atoms with E-state index in [0.29, 0.717) is 12.4 Å². The van der Waals surface area contributed by atoms with Crippen LogP contribution < -0.4 is 14.8 Å². The maximum atomic E-state index is 12.6. The monoisotopic (exact) mass is 499 g/mol. The van der Waals surface area contributed by atoms with E-state index >= 15 is 0 Å². The largest absolute Gasteiger partial charge is 0.492 e. The van der Waals surface area contributed by atoms with E-state index in [1.54, 1.807) is 0 Å². The van der Waals surface area contributed by atoms with Crippen LogP contribution in [-0.2, 0) is 20.7 Å². The van der Waals surface area contributed by atoms with Crippen LogP contribution >= 0.6 is 0 Å². The van der Waals surface area contributed by atoms with E-state index in [1.165, 1.54) is 5.56 Å². The third kappa shape index (κ3) is 6.86. The number of esters is 1. The number of hydrogen-bond acceptors (Lipinski definition) is 6. The van der Waals surface area contributed by atoms with Crippen LogP contribution in [0.15, 0.2) is 91.5 Å². The molecule has 0 aromatic heterocycles. The zero-order valence-electron chi connectivity index (χ0n) is 20.5. The van der Waals surface area contributed by atoms with Gasteiger partial charge in [0.2, 0.25) is 0 Å². The van der Waals surface area contributed by atoms with E-state index in [9.17, 15) is 9.59 Å². The number of rotatable bonds is 12. The van der Waals surface area contributed by atoms with Gasteiger partial charge in [-0.25, -0.2) is 9.59 Å². The molecule has 0 fully saturated rings. The summed E-state index contributed by atoms with van der Waals surface area (Å²) in [5, 5.41) is 6.00. The molecule has 190 valence electrons. The van der Waals surface area contributed by atoms with Crippen molar-refractivity contribution in [1.82, 2.24) is 5.32 Å². The first-order valence-electron chi connectivity index (χ1n) is 12.1. The highest BCUT2D eigenvalue weighted by atomic mass is 16.6. The van der Waals surface area contributed by atoms with Gasteiger partial charge in [0.15, 0.2) is 0 Å². The lowest BCUT2D eigenvalue weighted by molar-refractivity contribution is -0.139. The molecule has 0 aliphatic carbocycles. The second-order valence-corrected chi connectivity index (χ2v) is 8.13. The van der Waals surface area contributed by atoms with E-state index in [0.717, 1.165) is 39.8 Å². The molecule has 4 rings (SSSR count). The Morgan fingerprint density at radius 3 is 1.95 bits per heavy atom. The molecular formula is C30H29NO6. The van der Waals surface area contributed by atoms with Crippen LogP contribution in [0.1, 0.15) is 5.56 Å². The van der Waals surface area contributed by atoms with Crippen molar-refractivity contribution in [3.63, 3.8) is 0 Å². The molecule has 0 saturated heterocycles. The molecule has 0 atom stereocenters. The minimum Gasteiger partial charge on any atom is -0.492 e. The zero-order chi connectivity index (χ0) is 25.9. The topological polar surface area (TPSA) is 83.1 Å². The van der Waals surface area contributed by atoms with E-state index < -0.39 is 12.1 Å². The average molecular weight is 500 g/mol. The number of hydrogen-bond donors (Lipinski definition) is 1. The van der Waals surface area contributed by atoms with Gasteiger partial charge in [0.25, 0.3) is 0 Å².